The predicted octanol–water partition coefficient (Wildman–Crippen LogP) is 4.41. The van der Waals surface area contributed by atoms with Crippen molar-refractivity contribution in [1.82, 2.24) is 0 Å². The molecule has 0 saturated heterocycles. The van der Waals surface area contributed by atoms with Crippen LogP contribution in [0.2, 0.25) is 5.02 Å². The van der Waals surface area contributed by atoms with Gasteiger partial charge in [0.1, 0.15) is 4.21 Å². The predicted molar refractivity (Wildman–Crippen MR) is 81.0 cm³/mol. The summed E-state index contributed by atoms with van der Waals surface area (Å²) in [6.07, 6.45) is 0.666. The van der Waals surface area contributed by atoms with Crippen molar-refractivity contribution in [3.8, 4) is 0 Å². The summed E-state index contributed by atoms with van der Waals surface area (Å²) in [5.41, 5.74) is 0.955. The second kappa shape index (κ2) is 5.13. The molecule has 0 saturated carbocycles. The van der Waals surface area contributed by atoms with Gasteiger partial charge >= 0.3 is 0 Å². The maximum absolute atomic E-state index is 12.0. The van der Waals surface area contributed by atoms with Crippen LogP contribution in [0.25, 0.3) is 0 Å². The zero-order chi connectivity index (χ0) is 13.5. The molecule has 0 fully saturated rings. The summed E-state index contributed by atoms with van der Waals surface area (Å²) in [6, 6.07) is 9.60. The fourth-order valence-corrected chi connectivity index (χ4v) is 6.70. The fourth-order valence-electron chi connectivity index (χ4n) is 2.11. The molecule has 1 aromatic carbocycles. The van der Waals surface area contributed by atoms with E-state index in [1.807, 2.05) is 35.7 Å². The van der Waals surface area contributed by atoms with Crippen molar-refractivity contribution in [3.63, 3.8) is 0 Å². The number of benzene rings is 1. The number of sulfone groups is 1. The Labute approximate surface area is 125 Å². The Morgan fingerprint density at radius 3 is 2.68 bits per heavy atom. The highest BCUT2D eigenvalue weighted by Crippen LogP contribution is 2.46. The van der Waals surface area contributed by atoms with Gasteiger partial charge < -0.3 is 0 Å². The molecule has 1 aliphatic rings. The van der Waals surface area contributed by atoms with Crippen LogP contribution in [0.15, 0.2) is 44.8 Å². The molecule has 100 valence electrons. The first-order valence-corrected chi connectivity index (χ1v) is 9.57. The summed E-state index contributed by atoms with van der Waals surface area (Å²) in [6.45, 7) is 0. The van der Waals surface area contributed by atoms with Gasteiger partial charge in [0.05, 0.1) is 5.75 Å². The Morgan fingerprint density at radius 2 is 1.95 bits per heavy atom. The van der Waals surface area contributed by atoms with Gasteiger partial charge in [-0.1, -0.05) is 11.6 Å². The van der Waals surface area contributed by atoms with Crippen molar-refractivity contribution >= 4 is 44.5 Å². The number of hydrogen-bond acceptors (Lipinski definition) is 4. The van der Waals surface area contributed by atoms with Gasteiger partial charge in [-0.15, -0.1) is 23.1 Å². The normalized spacial score (nSPS) is 21.0. The zero-order valence-electron chi connectivity index (χ0n) is 9.87. The fraction of sp³-hybridized carbons (Fsp3) is 0.231. The van der Waals surface area contributed by atoms with Crippen LogP contribution < -0.4 is 0 Å². The summed E-state index contributed by atoms with van der Waals surface area (Å²) in [5.74, 6) is 0.242. The first kappa shape index (κ1) is 13.5. The lowest BCUT2D eigenvalue weighted by Gasteiger charge is -2.22. The highest BCUT2D eigenvalue weighted by atomic mass is 35.5. The lowest BCUT2D eigenvalue weighted by Crippen LogP contribution is -2.16. The monoisotopic (exact) mass is 330 g/mol. The van der Waals surface area contributed by atoms with E-state index in [9.17, 15) is 8.42 Å². The van der Waals surface area contributed by atoms with Gasteiger partial charge in [-0.05, 0) is 47.7 Å². The van der Waals surface area contributed by atoms with E-state index in [-0.39, 0.29) is 11.0 Å². The number of rotatable bonds is 2. The number of hydrogen-bond donors (Lipinski definition) is 0. The average molecular weight is 331 g/mol. The Balaban J connectivity index is 1.90. The van der Waals surface area contributed by atoms with Crippen molar-refractivity contribution < 1.29 is 8.42 Å². The van der Waals surface area contributed by atoms with Crippen molar-refractivity contribution in [2.75, 3.05) is 5.75 Å². The first-order chi connectivity index (χ1) is 9.06. The second-order valence-electron chi connectivity index (χ2n) is 4.33. The molecule has 0 aliphatic carbocycles. The lowest BCUT2D eigenvalue weighted by atomic mass is 10.2. The molecule has 0 spiro atoms. The minimum Gasteiger partial charge on any atom is -0.223 e. The van der Waals surface area contributed by atoms with Crippen molar-refractivity contribution in [2.24, 2.45) is 0 Å². The van der Waals surface area contributed by atoms with Crippen LogP contribution in [0.1, 0.15) is 17.2 Å². The zero-order valence-corrected chi connectivity index (χ0v) is 13.1. The maximum Gasteiger partial charge on any atom is 0.188 e. The minimum atomic E-state index is -3.05. The molecular weight excluding hydrogens is 320 g/mol. The summed E-state index contributed by atoms with van der Waals surface area (Å²) < 4.78 is 24.5. The molecule has 19 heavy (non-hydrogen) atoms. The summed E-state index contributed by atoms with van der Waals surface area (Å²) in [4.78, 5) is 1.12. The van der Waals surface area contributed by atoms with Gasteiger partial charge in [0.2, 0.25) is 0 Å². The van der Waals surface area contributed by atoms with Gasteiger partial charge in [-0.25, -0.2) is 8.42 Å². The molecule has 0 bridgehead atoms. The largest absolute Gasteiger partial charge is 0.223 e. The molecule has 2 aromatic rings. The molecule has 1 aliphatic heterocycles. The molecule has 1 aromatic heterocycles. The second-order valence-corrected chi connectivity index (χ2v) is 9.26. The number of fused-ring (bicyclic) bond motifs is 1. The molecule has 0 unspecified atom stereocenters. The molecule has 2 heterocycles. The third-order valence-corrected chi connectivity index (χ3v) is 7.95. The van der Waals surface area contributed by atoms with Crippen LogP contribution in [-0.4, -0.2) is 14.2 Å². The SMILES string of the molecule is O=S1(=O)CC[C@@H](Sc2ccc(Cl)cc2)c2ccsc21. The Kier molecular flexibility index (Phi) is 3.64. The summed E-state index contributed by atoms with van der Waals surface area (Å²) in [5, 5.41) is 2.79. The quantitative estimate of drug-likeness (QED) is 0.817. The molecule has 0 radical (unpaired) electrons. The molecule has 0 N–H and O–H groups in total. The Morgan fingerprint density at radius 1 is 1.21 bits per heavy atom. The van der Waals surface area contributed by atoms with Crippen molar-refractivity contribution in [3.05, 3.63) is 46.3 Å². The van der Waals surface area contributed by atoms with Crippen LogP contribution >= 0.6 is 34.7 Å². The highest BCUT2D eigenvalue weighted by Gasteiger charge is 2.31. The van der Waals surface area contributed by atoms with Gasteiger partial charge in [0.15, 0.2) is 9.84 Å². The van der Waals surface area contributed by atoms with E-state index in [0.29, 0.717) is 15.7 Å². The third kappa shape index (κ3) is 2.70. The van der Waals surface area contributed by atoms with Gasteiger partial charge in [-0.2, -0.15) is 0 Å². The average Bonchev–Trinajstić information content (AvgIpc) is 2.86. The minimum absolute atomic E-state index is 0.214. The van der Waals surface area contributed by atoms with E-state index in [1.54, 1.807) is 11.8 Å². The smallest absolute Gasteiger partial charge is 0.188 e. The lowest BCUT2D eigenvalue weighted by molar-refractivity contribution is 0.588. The maximum atomic E-state index is 12.0. The van der Waals surface area contributed by atoms with E-state index in [2.05, 4.69) is 0 Å². The van der Waals surface area contributed by atoms with E-state index in [1.165, 1.54) is 11.3 Å². The van der Waals surface area contributed by atoms with E-state index in [4.69, 9.17) is 11.6 Å². The highest BCUT2D eigenvalue weighted by molar-refractivity contribution is 8.00. The van der Waals surface area contributed by atoms with Crippen molar-refractivity contribution in [1.29, 1.82) is 0 Å². The van der Waals surface area contributed by atoms with Crippen LogP contribution in [0.4, 0.5) is 0 Å². The molecule has 2 nitrogen and oxygen atoms in total. The molecule has 3 rings (SSSR count). The molecular formula is C13H11ClO2S3. The number of thiophene rings is 1. The van der Waals surface area contributed by atoms with Gasteiger partial charge in [0, 0.05) is 15.2 Å². The molecule has 6 heteroatoms. The van der Waals surface area contributed by atoms with Crippen molar-refractivity contribution in [2.45, 2.75) is 20.8 Å². The topological polar surface area (TPSA) is 34.1 Å². The number of thioether (sulfide) groups is 1. The van der Waals surface area contributed by atoms with Crippen LogP contribution in [0.3, 0.4) is 0 Å². The Bertz CT molecular complexity index is 689. The number of halogens is 1. The van der Waals surface area contributed by atoms with Crippen LogP contribution in [0, 0.1) is 0 Å². The summed E-state index contributed by atoms with van der Waals surface area (Å²) in [7, 11) is -3.05. The standard InChI is InChI=1S/C13H11ClO2S3/c14-9-1-3-10(4-2-9)18-12-6-8-19(15,16)13-11(12)5-7-17-13/h1-5,7,12H,6,8H2/t12-/m1/s1. The first-order valence-electron chi connectivity index (χ1n) is 5.79. The van der Waals surface area contributed by atoms with E-state index in [0.717, 1.165) is 10.5 Å². The van der Waals surface area contributed by atoms with Crippen LogP contribution in [-0.2, 0) is 9.84 Å². The Hall–Kier alpha value is -0.490. The van der Waals surface area contributed by atoms with E-state index >= 15 is 0 Å². The molecule has 0 amide bonds. The van der Waals surface area contributed by atoms with Gasteiger partial charge in [-0.3, -0.25) is 0 Å². The summed E-state index contributed by atoms with van der Waals surface area (Å²) >= 11 is 8.90. The third-order valence-electron chi connectivity index (χ3n) is 3.03. The van der Waals surface area contributed by atoms with E-state index < -0.39 is 9.84 Å². The van der Waals surface area contributed by atoms with Gasteiger partial charge in [0.25, 0.3) is 0 Å². The molecule has 1 atom stereocenters. The van der Waals surface area contributed by atoms with Crippen LogP contribution in [0.5, 0.6) is 0 Å².